The maximum atomic E-state index is 13.0. The smallest absolute Gasteiger partial charge is 0.255 e. The van der Waals surface area contributed by atoms with E-state index in [0.717, 1.165) is 41.9 Å². The number of nitrogens with zero attached hydrogens (tertiary/aromatic N) is 2. The number of hydrogen-bond donors (Lipinski definition) is 2. The maximum Gasteiger partial charge on any atom is 0.255 e. The third-order valence-electron chi connectivity index (χ3n) is 5.50. The molecule has 0 saturated heterocycles. The molecule has 1 aromatic heterocycles. The van der Waals surface area contributed by atoms with Crippen LogP contribution < -0.4 is 10.1 Å². The van der Waals surface area contributed by atoms with Crippen molar-refractivity contribution in [3.05, 3.63) is 52.6 Å². The molecule has 156 valence electrons. The Morgan fingerprint density at radius 2 is 2.30 bits per heavy atom. The van der Waals surface area contributed by atoms with E-state index < -0.39 is 6.04 Å². The van der Waals surface area contributed by atoms with Crippen LogP contribution in [0.25, 0.3) is 6.08 Å². The molecule has 2 aromatic rings. The number of imidazole rings is 1. The number of amides is 2. The second-order valence-corrected chi connectivity index (χ2v) is 7.37. The summed E-state index contributed by atoms with van der Waals surface area (Å²) in [7, 11) is 1.52. The zero-order valence-corrected chi connectivity index (χ0v) is 16.8. The number of benzene rings is 1. The topological polar surface area (TPSA) is 104 Å². The van der Waals surface area contributed by atoms with Gasteiger partial charge in [-0.1, -0.05) is 12.1 Å². The number of carbonyl (C=O) groups excluding carboxylic acids is 3. The summed E-state index contributed by atoms with van der Waals surface area (Å²) >= 11 is 0. The van der Waals surface area contributed by atoms with Crippen molar-refractivity contribution in [2.75, 3.05) is 7.05 Å². The number of allylic oxidation sites excluding steroid dienone is 1. The van der Waals surface area contributed by atoms with Gasteiger partial charge in [0, 0.05) is 30.3 Å². The van der Waals surface area contributed by atoms with Crippen molar-refractivity contribution in [3.63, 3.8) is 0 Å². The molecular formula is C22H24N4O4. The van der Waals surface area contributed by atoms with Crippen LogP contribution in [-0.2, 0) is 29.2 Å². The summed E-state index contributed by atoms with van der Waals surface area (Å²) in [5, 5.41) is 2.59. The second-order valence-electron chi connectivity index (χ2n) is 7.37. The van der Waals surface area contributed by atoms with Crippen molar-refractivity contribution in [2.24, 2.45) is 0 Å². The van der Waals surface area contributed by atoms with E-state index in [2.05, 4.69) is 21.4 Å². The van der Waals surface area contributed by atoms with Crippen LogP contribution in [0.3, 0.4) is 0 Å². The monoisotopic (exact) mass is 408 g/mol. The number of hydrogen-bond acceptors (Lipinski definition) is 5. The highest BCUT2D eigenvalue weighted by atomic mass is 16.5. The van der Waals surface area contributed by atoms with Gasteiger partial charge in [0.2, 0.25) is 5.91 Å². The molecule has 1 aliphatic heterocycles. The molecule has 0 saturated carbocycles. The molecule has 0 bridgehead atoms. The molecule has 30 heavy (non-hydrogen) atoms. The predicted octanol–water partition coefficient (Wildman–Crippen LogP) is 2.00. The first-order valence-corrected chi connectivity index (χ1v) is 10.1. The number of rotatable bonds is 8. The number of aryl methyl sites for hydroxylation is 1. The van der Waals surface area contributed by atoms with Crippen molar-refractivity contribution < 1.29 is 19.1 Å². The maximum absolute atomic E-state index is 13.0. The van der Waals surface area contributed by atoms with Crippen molar-refractivity contribution in [1.82, 2.24) is 20.2 Å². The molecule has 2 N–H and O–H groups in total. The molecule has 8 nitrogen and oxygen atoms in total. The number of aromatic amines is 1. The zero-order valence-electron chi connectivity index (χ0n) is 16.8. The van der Waals surface area contributed by atoms with Crippen molar-refractivity contribution in [3.8, 4) is 5.75 Å². The molecule has 1 aliphatic carbocycles. The molecule has 1 atom stereocenters. The van der Waals surface area contributed by atoms with E-state index >= 15 is 0 Å². The SMILES string of the molecule is CNC(=O)C(CCC=O)N1Cc2c(OCc3nc4c([nH]3)CCC=C4)cccc2C1=O. The number of fused-ring (bicyclic) bond motifs is 2. The number of carbonyl (C=O) groups is 3. The Bertz CT molecular complexity index is 1010. The summed E-state index contributed by atoms with van der Waals surface area (Å²) < 4.78 is 6.00. The Balaban J connectivity index is 1.52. The van der Waals surface area contributed by atoms with E-state index in [1.54, 1.807) is 12.1 Å². The standard InChI is InChI=1S/C22H24N4O4/c1-23-21(28)18(9-5-11-27)26-12-15-14(22(26)29)6-4-10-19(15)30-13-20-24-16-7-2-3-8-17(16)25-20/h2,4,6-7,10-11,18H,3,5,8-9,12-13H2,1H3,(H,23,28)(H,24,25). The van der Waals surface area contributed by atoms with Gasteiger partial charge in [0.05, 0.1) is 12.2 Å². The summed E-state index contributed by atoms with van der Waals surface area (Å²) in [5.74, 6) is 0.821. The summed E-state index contributed by atoms with van der Waals surface area (Å²) in [6, 6.07) is 4.63. The third-order valence-corrected chi connectivity index (χ3v) is 5.50. The Kier molecular flexibility index (Phi) is 5.65. The van der Waals surface area contributed by atoms with Crippen LogP contribution in [-0.4, -0.2) is 46.1 Å². The van der Waals surface area contributed by atoms with Gasteiger partial charge in [-0.25, -0.2) is 4.98 Å². The number of aromatic nitrogens is 2. The van der Waals surface area contributed by atoms with Crippen LogP contribution in [0.4, 0.5) is 0 Å². The molecular weight excluding hydrogens is 384 g/mol. The van der Waals surface area contributed by atoms with Gasteiger partial charge in [-0.05, 0) is 37.5 Å². The van der Waals surface area contributed by atoms with Gasteiger partial charge in [-0.15, -0.1) is 0 Å². The molecule has 0 fully saturated rings. The van der Waals surface area contributed by atoms with Crippen LogP contribution in [0.5, 0.6) is 5.75 Å². The average molecular weight is 408 g/mol. The number of nitrogens with one attached hydrogen (secondary N) is 2. The number of aldehydes is 1. The fraction of sp³-hybridized carbons (Fsp3) is 0.364. The van der Waals surface area contributed by atoms with Crippen molar-refractivity contribution in [1.29, 1.82) is 0 Å². The van der Waals surface area contributed by atoms with E-state index in [-0.39, 0.29) is 37.8 Å². The summed E-state index contributed by atoms with van der Waals surface area (Å²) in [6.45, 7) is 0.522. The quantitative estimate of drug-likeness (QED) is 0.650. The van der Waals surface area contributed by atoms with E-state index in [4.69, 9.17) is 4.74 Å². The average Bonchev–Trinajstić information content (AvgIpc) is 3.33. The lowest BCUT2D eigenvalue weighted by Crippen LogP contribution is -2.46. The van der Waals surface area contributed by atoms with Crippen LogP contribution >= 0.6 is 0 Å². The number of ether oxygens (including phenoxy) is 1. The second kappa shape index (κ2) is 8.52. The summed E-state index contributed by atoms with van der Waals surface area (Å²) in [5.41, 5.74) is 3.33. The minimum atomic E-state index is -0.698. The first-order valence-electron chi connectivity index (χ1n) is 10.1. The Morgan fingerprint density at radius 3 is 3.07 bits per heavy atom. The van der Waals surface area contributed by atoms with Crippen LogP contribution in [0.2, 0.25) is 0 Å². The molecule has 1 unspecified atom stereocenters. The molecule has 0 spiro atoms. The fourth-order valence-electron chi connectivity index (χ4n) is 3.98. The molecule has 0 radical (unpaired) electrons. The fourth-order valence-corrected chi connectivity index (χ4v) is 3.98. The molecule has 1 aromatic carbocycles. The molecule has 2 amide bonds. The zero-order chi connectivity index (χ0) is 21.1. The van der Waals surface area contributed by atoms with E-state index in [1.165, 1.54) is 11.9 Å². The van der Waals surface area contributed by atoms with Gasteiger partial charge in [0.25, 0.3) is 5.91 Å². The molecule has 2 heterocycles. The lowest BCUT2D eigenvalue weighted by atomic mass is 10.1. The first kappa shape index (κ1) is 19.9. The Morgan fingerprint density at radius 1 is 1.43 bits per heavy atom. The highest BCUT2D eigenvalue weighted by Crippen LogP contribution is 2.33. The highest BCUT2D eigenvalue weighted by Gasteiger charge is 2.37. The Labute approximate surface area is 174 Å². The normalized spacial score (nSPS) is 15.5. The molecule has 4 rings (SSSR count). The lowest BCUT2D eigenvalue weighted by molar-refractivity contribution is -0.125. The van der Waals surface area contributed by atoms with Gasteiger partial charge >= 0.3 is 0 Å². The van der Waals surface area contributed by atoms with Gasteiger partial charge < -0.3 is 24.7 Å². The molecule has 8 heteroatoms. The van der Waals surface area contributed by atoms with Gasteiger partial charge in [0.1, 0.15) is 30.5 Å². The first-order chi connectivity index (χ1) is 14.6. The van der Waals surface area contributed by atoms with Gasteiger partial charge in [0.15, 0.2) is 0 Å². The van der Waals surface area contributed by atoms with Gasteiger partial charge in [-0.3, -0.25) is 9.59 Å². The van der Waals surface area contributed by atoms with E-state index in [0.29, 0.717) is 11.3 Å². The third kappa shape index (κ3) is 3.72. The van der Waals surface area contributed by atoms with Crippen molar-refractivity contribution in [2.45, 2.75) is 44.9 Å². The predicted molar refractivity (Wildman–Crippen MR) is 110 cm³/mol. The van der Waals surface area contributed by atoms with Crippen LogP contribution in [0, 0.1) is 0 Å². The summed E-state index contributed by atoms with van der Waals surface area (Å²) in [6.07, 6.45) is 7.29. The Hall–Kier alpha value is -3.42. The minimum absolute atomic E-state index is 0.208. The van der Waals surface area contributed by atoms with Crippen molar-refractivity contribution >= 4 is 24.2 Å². The lowest BCUT2D eigenvalue weighted by Gasteiger charge is -2.25. The number of H-pyrrole nitrogens is 1. The highest BCUT2D eigenvalue weighted by molar-refractivity contribution is 6.01. The van der Waals surface area contributed by atoms with Crippen LogP contribution in [0.15, 0.2) is 24.3 Å². The number of likely N-dealkylation sites (N-methyl/N-ethyl adjacent to an activating group) is 1. The van der Waals surface area contributed by atoms with Gasteiger partial charge in [-0.2, -0.15) is 0 Å². The minimum Gasteiger partial charge on any atom is -0.485 e. The van der Waals surface area contributed by atoms with E-state index in [1.807, 2.05) is 12.1 Å². The van der Waals surface area contributed by atoms with Crippen LogP contribution in [0.1, 0.15) is 52.4 Å². The largest absolute Gasteiger partial charge is 0.485 e. The summed E-state index contributed by atoms with van der Waals surface area (Å²) in [4.78, 5) is 45.5. The van der Waals surface area contributed by atoms with E-state index in [9.17, 15) is 14.4 Å². The molecule has 2 aliphatic rings.